The fraction of sp³-hybridized carbons (Fsp3) is 0. The molecule has 8 heteroatoms. The van der Waals surface area contributed by atoms with Gasteiger partial charge in [-0.05, 0) is 230 Å². The van der Waals surface area contributed by atoms with Gasteiger partial charge in [-0.25, -0.2) is 0 Å². The molecule has 5 nitrogen and oxygen atoms in total. The van der Waals surface area contributed by atoms with Gasteiger partial charge in [-0.1, -0.05) is 355 Å². The van der Waals surface area contributed by atoms with Crippen LogP contribution in [0.15, 0.2) is 486 Å². The molecule has 0 atom stereocenters. The summed E-state index contributed by atoms with van der Waals surface area (Å²) in [6.07, 6.45) is 0. The van der Waals surface area contributed by atoms with E-state index in [1.54, 1.807) is 0 Å². The SMILES string of the molecule is Clc1ccc(-c2ccc(Br)cc2)cc1-c1ccccc1.Clc1ccc(-c2ccc(N(c3ccccc3)c3cccc4oc5ccccc5c34)cc2)cc1-c1ccccc1.c1ccc(-c2ccc(N(c3ccc(-c4ccccc4)cc3)c3ccc(-c4ccc(N(c5ccccc5)c5cccc6oc7ccccc7c56)cc4)cc3-c3ccccc3)cc2)cc1. The predicted octanol–water partition coefficient (Wildman–Crippen LogP) is 34.7. The summed E-state index contributed by atoms with van der Waals surface area (Å²) in [7, 11) is 0. The highest BCUT2D eigenvalue weighted by Crippen LogP contribution is 2.49. The molecule has 0 aliphatic rings. The molecule has 0 radical (unpaired) electrons. The predicted molar refractivity (Wildman–Crippen MR) is 519 cm³/mol. The highest BCUT2D eigenvalue weighted by Gasteiger charge is 2.24. The first-order valence-electron chi connectivity index (χ1n) is 40.7. The Morgan fingerprint density at radius 1 is 0.180 bits per heavy atom. The topological polar surface area (TPSA) is 36.0 Å². The van der Waals surface area contributed by atoms with Crippen molar-refractivity contribution in [3.63, 3.8) is 0 Å². The van der Waals surface area contributed by atoms with Crippen molar-refractivity contribution in [1.29, 1.82) is 0 Å². The molecular weight excluding hydrogens is 1590 g/mol. The Kier molecular flexibility index (Phi) is 22.4. The molecule has 0 unspecified atom stereocenters. The molecule has 21 aromatic rings. The summed E-state index contributed by atoms with van der Waals surface area (Å²) >= 11 is 16.4. The van der Waals surface area contributed by atoms with E-state index >= 15 is 0 Å². The molecule has 21 rings (SSSR count). The molecule has 0 amide bonds. The summed E-state index contributed by atoms with van der Waals surface area (Å²) in [5, 5.41) is 5.93. The maximum absolute atomic E-state index is 6.59. The molecule has 0 spiro atoms. The van der Waals surface area contributed by atoms with E-state index in [1.807, 2.05) is 97.1 Å². The van der Waals surface area contributed by atoms with Crippen LogP contribution >= 0.6 is 39.1 Å². The number of nitrogens with zero attached hydrogens (tertiary/aromatic N) is 3. The standard InChI is InChI=1S/C60H42N2O.C36H24ClNO.C18H12BrCl/c1-5-16-43(17-6-1)45-28-35-51(36-29-45)61(52-37-30-46(31-38-52)44-18-7-2-8-19-44)56-41-34-49(42-55(56)48-20-9-3-10-21-48)47-32-39-53(40-33-47)62(50-22-11-4-12-23-50)57-25-15-27-59-60(57)54-24-13-14-26-58(54)63-59;37-32-23-20-27(24-31(32)26-10-3-1-4-11-26)25-18-21-29(22-19-25)38(28-12-5-2-6-13-28)33-15-9-17-35-36(33)30-14-7-8-16-34(30)39-35;19-16-9-6-13(7-10-16)15-8-11-18(20)17(12-15)14-4-2-1-3-5-14/h1-42H;1-24H;1-12H. The van der Waals surface area contributed by atoms with Crippen LogP contribution in [0.3, 0.4) is 0 Å². The second-order valence-electron chi connectivity index (χ2n) is 29.8. The summed E-state index contributed by atoms with van der Waals surface area (Å²) in [6, 6.07) is 166. The van der Waals surface area contributed by atoms with E-state index in [0.29, 0.717) is 0 Å². The number of halogens is 3. The molecule has 0 saturated heterocycles. The zero-order valence-electron chi connectivity index (χ0n) is 66.3. The number of hydrogen-bond donors (Lipinski definition) is 0. The van der Waals surface area contributed by atoms with Gasteiger partial charge in [0.2, 0.25) is 0 Å². The van der Waals surface area contributed by atoms with Crippen LogP contribution in [0.5, 0.6) is 0 Å². The maximum Gasteiger partial charge on any atom is 0.137 e. The summed E-state index contributed by atoms with van der Waals surface area (Å²) in [6.45, 7) is 0. The third-order valence-electron chi connectivity index (χ3n) is 22.3. The minimum absolute atomic E-state index is 0.747. The fourth-order valence-corrected chi connectivity index (χ4v) is 17.0. The normalized spacial score (nSPS) is 11.1. The number of para-hydroxylation sites is 4. The van der Waals surface area contributed by atoms with E-state index in [2.05, 4.69) is 407 Å². The third-order valence-corrected chi connectivity index (χ3v) is 23.4. The quantitative estimate of drug-likeness (QED) is 0.0908. The van der Waals surface area contributed by atoms with Crippen molar-refractivity contribution >= 4 is 134 Å². The zero-order chi connectivity index (χ0) is 82.1. The van der Waals surface area contributed by atoms with Gasteiger partial charge in [0.15, 0.2) is 0 Å². The summed E-state index contributed by atoms with van der Waals surface area (Å²) in [5.41, 5.74) is 31.5. The van der Waals surface area contributed by atoms with Gasteiger partial charge in [0.1, 0.15) is 22.3 Å². The first-order chi connectivity index (χ1) is 60.2. The van der Waals surface area contributed by atoms with E-state index in [4.69, 9.17) is 32.0 Å². The highest BCUT2D eigenvalue weighted by atomic mass is 79.9. The first kappa shape index (κ1) is 77.2. The van der Waals surface area contributed by atoms with E-state index in [-0.39, 0.29) is 0 Å². The van der Waals surface area contributed by atoms with E-state index in [9.17, 15) is 0 Å². The Labute approximate surface area is 728 Å². The van der Waals surface area contributed by atoms with Crippen LogP contribution in [0.4, 0.5) is 51.2 Å². The van der Waals surface area contributed by atoms with Crippen LogP contribution in [0, 0.1) is 0 Å². The second-order valence-corrected chi connectivity index (χ2v) is 31.6. The second kappa shape index (κ2) is 35.4. The fourth-order valence-electron chi connectivity index (χ4n) is 16.3. The van der Waals surface area contributed by atoms with Crippen molar-refractivity contribution in [2.75, 3.05) is 14.7 Å². The number of furan rings is 2. The monoisotopic (exact) mass is 1670 g/mol. The summed E-state index contributed by atoms with van der Waals surface area (Å²) in [4.78, 5) is 7.01. The lowest BCUT2D eigenvalue weighted by Gasteiger charge is -2.29. The molecule has 0 bridgehead atoms. The molecule has 2 aromatic heterocycles. The minimum Gasteiger partial charge on any atom is -0.456 e. The molecule has 122 heavy (non-hydrogen) atoms. The van der Waals surface area contributed by atoms with E-state index in [0.717, 1.165) is 165 Å². The van der Waals surface area contributed by atoms with Gasteiger partial charge in [-0.2, -0.15) is 0 Å². The minimum atomic E-state index is 0.747. The van der Waals surface area contributed by atoms with Gasteiger partial charge in [-0.15, -0.1) is 0 Å². The molecule has 582 valence electrons. The van der Waals surface area contributed by atoms with Crippen LogP contribution < -0.4 is 14.7 Å². The average molecular weight is 1670 g/mol. The Balaban J connectivity index is 0.000000140. The van der Waals surface area contributed by atoms with Crippen molar-refractivity contribution in [3.05, 3.63) is 488 Å². The van der Waals surface area contributed by atoms with Crippen LogP contribution in [0.25, 0.3) is 133 Å². The van der Waals surface area contributed by atoms with Crippen LogP contribution in [-0.2, 0) is 0 Å². The Morgan fingerprint density at radius 3 is 0.787 bits per heavy atom. The number of fused-ring (bicyclic) bond motifs is 6. The number of anilines is 9. The number of rotatable bonds is 17. The molecule has 0 N–H and O–H groups in total. The van der Waals surface area contributed by atoms with Crippen LogP contribution in [-0.4, -0.2) is 0 Å². The van der Waals surface area contributed by atoms with Gasteiger partial charge in [-0.3, -0.25) is 0 Å². The number of hydrogen-bond acceptors (Lipinski definition) is 5. The van der Waals surface area contributed by atoms with Crippen LogP contribution in [0.2, 0.25) is 10.0 Å². The average Bonchev–Trinajstić information content (AvgIpc) is 1.69. The molecule has 0 aliphatic heterocycles. The van der Waals surface area contributed by atoms with Gasteiger partial charge < -0.3 is 23.5 Å². The summed E-state index contributed by atoms with van der Waals surface area (Å²) in [5.74, 6) is 0. The van der Waals surface area contributed by atoms with E-state index in [1.165, 1.54) is 33.4 Å². The van der Waals surface area contributed by atoms with Gasteiger partial charge in [0.05, 0.1) is 27.8 Å². The Hall–Kier alpha value is -14.8. The van der Waals surface area contributed by atoms with Gasteiger partial charge >= 0.3 is 0 Å². The van der Waals surface area contributed by atoms with Crippen molar-refractivity contribution in [1.82, 2.24) is 0 Å². The third kappa shape index (κ3) is 16.4. The molecule has 2 heterocycles. The molecule has 0 saturated carbocycles. The van der Waals surface area contributed by atoms with Crippen molar-refractivity contribution < 1.29 is 8.83 Å². The molecule has 0 aliphatic carbocycles. The first-order valence-corrected chi connectivity index (χ1v) is 42.3. The van der Waals surface area contributed by atoms with Gasteiger partial charge in [0, 0.05) is 76.1 Å². The van der Waals surface area contributed by atoms with Gasteiger partial charge in [0.25, 0.3) is 0 Å². The Morgan fingerprint density at radius 2 is 0.426 bits per heavy atom. The zero-order valence-corrected chi connectivity index (χ0v) is 69.4. The largest absolute Gasteiger partial charge is 0.456 e. The van der Waals surface area contributed by atoms with Crippen molar-refractivity contribution in [2.24, 2.45) is 0 Å². The van der Waals surface area contributed by atoms with E-state index < -0.39 is 0 Å². The highest BCUT2D eigenvalue weighted by molar-refractivity contribution is 9.10. The molecule has 19 aromatic carbocycles. The smallest absolute Gasteiger partial charge is 0.137 e. The maximum atomic E-state index is 6.59. The lowest BCUT2D eigenvalue weighted by Crippen LogP contribution is -2.11. The Bertz CT molecular complexity index is 7080. The van der Waals surface area contributed by atoms with Crippen molar-refractivity contribution in [3.8, 4) is 89.0 Å². The summed E-state index contributed by atoms with van der Waals surface area (Å²) < 4.78 is 13.6. The molecular formula is C114H78BrCl2N3O2. The lowest BCUT2D eigenvalue weighted by atomic mass is 9.95. The number of benzene rings is 19. The van der Waals surface area contributed by atoms with Crippen molar-refractivity contribution in [2.45, 2.75) is 0 Å². The lowest BCUT2D eigenvalue weighted by molar-refractivity contribution is 0.668. The van der Waals surface area contributed by atoms with Crippen LogP contribution in [0.1, 0.15) is 0 Å². The molecule has 0 fully saturated rings.